The third-order valence-corrected chi connectivity index (χ3v) is 5.87. The van der Waals surface area contributed by atoms with Crippen LogP contribution in [0.3, 0.4) is 0 Å². The monoisotopic (exact) mass is 314 g/mol. The van der Waals surface area contributed by atoms with E-state index in [-0.39, 0.29) is 29.4 Å². The van der Waals surface area contributed by atoms with Crippen LogP contribution >= 0.6 is 0 Å². The lowest BCUT2D eigenvalue weighted by Gasteiger charge is -2.26. The van der Waals surface area contributed by atoms with Crippen LogP contribution in [-0.2, 0) is 9.84 Å². The number of halogens is 1. The van der Waals surface area contributed by atoms with Gasteiger partial charge in [0.05, 0.1) is 17.2 Å². The van der Waals surface area contributed by atoms with Gasteiger partial charge in [-0.1, -0.05) is 13.0 Å². The molecule has 6 heteroatoms. The predicted molar refractivity (Wildman–Crippen MR) is 84.0 cm³/mol. The van der Waals surface area contributed by atoms with E-state index in [1.54, 1.807) is 18.0 Å². The maximum Gasteiger partial charge on any atom is 0.152 e. The fourth-order valence-electron chi connectivity index (χ4n) is 2.78. The lowest BCUT2D eigenvalue weighted by atomic mass is 10.1. The zero-order valence-electron chi connectivity index (χ0n) is 12.8. The van der Waals surface area contributed by atoms with E-state index in [1.807, 2.05) is 19.9 Å². The summed E-state index contributed by atoms with van der Waals surface area (Å²) in [5.41, 5.74) is 1.36. The van der Waals surface area contributed by atoms with Crippen LogP contribution in [-0.4, -0.2) is 39.6 Å². The molecule has 1 aromatic carbocycles. The van der Waals surface area contributed by atoms with Crippen LogP contribution in [0.4, 0.5) is 10.1 Å². The molecule has 0 amide bonds. The summed E-state index contributed by atoms with van der Waals surface area (Å²) in [5, 5.41) is 3.24. The van der Waals surface area contributed by atoms with Crippen molar-refractivity contribution < 1.29 is 12.8 Å². The van der Waals surface area contributed by atoms with E-state index in [4.69, 9.17) is 0 Å². The Morgan fingerprint density at radius 3 is 2.71 bits per heavy atom. The molecule has 21 heavy (non-hydrogen) atoms. The molecule has 1 aliphatic rings. The summed E-state index contributed by atoms with van der Waals surface area (Å²) >= 11 is 0. The number of rotatable bonds is 5. The first kappa shape index (κ1) is 16.2. The molecule has 2 rings (SSSR count). The number of nitrogens with zero attached hydrogens (tertiary/aromatic N) is 1. The average molecular weight is 314 g/mol. The first-order valence-electron chi connectivity index (χ1n) is 7.30. The standard InChI is InChI=1S/C15H23FN2O2S/c1-4-17-11(2)12-5-6-15(14(16)9-12)18(3)13-7-8-21(19,20)10-13/h5-6,9,11,13,17H,4,7-8,10H2,1-3H3. The lowest BCUT2D eigenvalue weighted by molar-refractivity contribution is 0.577. The van der Waals surface area contributed by atoms with Gasteiger partial charge in [-0.05, 0) is 37.6 Å². The zero-order valence-corrected chi connectivity index (χ0v) is 13.6. The first-order chi connectivity index (χ1) is 9.84. The molecule has 0 saturated carbocycles. The van der Waals surface area contributed by atoms with Crippen molar-refractivity contribution in [3.8, 4) is 0 Å². The molecular weight excluding hydrogens is 291 g/mol. The predicted octanol–water partition coefficient (Wildman–Crippen LogP) is 2.12. The molecule has 1 saturated heterocycles. The van der Waals surface area contributed by atoms with Crippen molar-refractivity contribution >= 4 is 15.5 Å². The largest absolute Gasteiger partial charge is 0.368 e. The van der Waals surface area contributed by atoms with Crippen LogP contribution in [0.5, 0.6) is 0 Å². The summed E-state index contributed by atoms with van der Waals surface area (Å²) in [6.07, 6.45) is 0.563. The van der Waals surface area contributed by atoms with Crippen LogP contribution in [0.25, 0.3) is 0 Å². The summed E-state index contributed by atoms with van der Waals surface area (Å²) < 4.78 is 37.4. The highest BCUT2D eigenvalue weighted by Gasteiger charge is 2.31. The molecule has 118 valence electrons. The van der Waals surface area contributed by atoms with Crippen molar-refractivity contribution in [2.75, 3.05) is 30.0 Å². The topological polar surface area (TPSA) is 49.4 Å². The molecule has 1 heterocycles. The number of nitrogens with one attached hydrogen (secondary N) is 1. The van der Waals surface area contributed by atoms with Gasteiger partial charge in [-0.25, -0.2) is 12.8 Å². The molecule has 1 aliphatic heterocycles. The second kappa shape index (κ2) is 6.32. The normalized spacial score (nSPS) is 22.2. The number of benzene rings is 1. The quantitative estimate of drug-likeness (QED) is 0.904. The van der Waals surface area contributed by atoms with E-state index in [9.17, 15) is 12.8 Å². The second-order valence-corrected chi connectivity index (χ2v) is 7.89. The highest BCUT2D eigenvalue weighted by molar-refractivity contribution is 7.91. The minimum atomic E-state index is -2.96. The maximum absolute atomic E-state index is 14.3. The van der Waals surface area contributed by atoms with E-state index < -0.39 is 9.84 Å². The lowest BCUT2D eigenvalue weighted by Crippen LogP contribution is -2.33. The van der Waals surface area contributed by atoms with Gasteiger partial charge in [0.15, 0.2) is 9.84 Å². The van der Waals surface area contributed by atoms with Crippen LogP contribution in [0.15, 0.2) is 18.2 Å². The van der Waals surface area contributed by atoms with Crippen molar-refractivity contribution in [3.63, 3.8) is 0 Å². The van der Waals surface area contributed by atoms with E-state index >= 15 is 0 Å². The van der Waals surface area contributed by atoms with Crippen LogP contribution in [0.2, 0.25) is 0 Å². The Morgan fingerprint density at radius 2 is 2.19 bits per heavy atom. The summed E-state index contributed by atoms with van der Waals surface area (Å²) in [6, 6.07) is 5.12. The smallest absolute Gasteiger partial charge is 0.152 e. The number of sulfone groups is 1. The Balaban J connectivity index is 2.17. The Labute approximate surface area is 126 Å². The van der Waals surface area contributed by atoms with Gasteiger partial charge in [-0.3, -0.25) is 0 Å². The van der Waals surface area contributed by atoms with Crippen LogP contribution in [0.1, 0.15) is 31.9 Å². The van der Waals surface area contributed by atoms with Crippen molar-refractivity contribution in [2.24, 2.45) is 0 Å². The zero-order chi connectivity index (χ0) is 15.6. The first-order valence-corrected chi connectivity index (χ1v) is 9.12. The molecule has 2 unspecified atom stereocenters. The van der Waals surface area contributed by atoms with Gasteiger partial charge < -0.3 is 10.2 Å². The fourth-order valence-corrected chi connectivity index (χ4v) is 4.55. The number of anilines is 1. The van der Waals surface area contributed by atoms with Gasteiger partial charge in [0.25, 0.3) is 0 Å². The van der Waals surface area contributed by atoms with Gasteiger partial charge in [0, 0.05) is 19.1 Å². The third kappa shape index (κ3) is 3.74. The average Bonchev–Trinajstić information content (AvgIpc) is 2.78. The molecule has 0 bridgehead atoms. The molecule has 1 aromatic rings. The molecule has 0 spiro atoms. The highest BCUT2D eigenvalue weighted by Crippen LogP contribution is 2.27. The van der Waals surface area contributed by atoms with E-state index in [0.29, 0.717) is 12.1 Å². The van der Waals surface area contributed by atoms with Gasteiger partial charge in [-0.2, -0.15) is 0 Å². The molecule has 0 aromatic heterocycles. The minimum absolute atomic E-state index is 0.0933. The van der Waals surface area contributed by atoms with Crippen molar-refractivity contribution in [3.05, 3.63) is 29.6 Å². The Morgan fingerprint density at radius 1 is 1.48 bits per heavy atom. The molecular formula is C15H23FN2O2S. The Hall–Kier alpha value is -1.14. The van der Waals surface area contributed by atoms with Crippen molar-refractivity contribution in [1.29, 1.82) is 0 Å². The van der Waals surface area contributed by atoms with Crippen molar-refractivity contribution in [2.45, 2.75) is 32.4 Å². The fraction of sp³-hybridized carbons (Fsp3) is 0.600. The Bertz CT molecular complexity index is 604. The van der Waals surface area contributed by atoms with Gasteiger partial charge >= 0.3 is 0 Å². The molecule has 0 aliphatic carbocycles. The van der Waals surface area contributed by atoms with Crippen LogP contribution in [0, 0.1) is 5.82 Å². The summed E-state index contributed by atoms with van der Waals surface area (Å²) in [6.45, 7) is 4.82. The van der Waals surface area contributed by atoms with Crippen molar-refractivity contribution in [1.82, 2.24) is 5.32 Å². The Kier molecular flexibility index (Phi) is 4.88. The number of hydrogen-bond acceptors (Lipinski definition) is 4. The highest BCUT2D eigenvalue weighted by atomic mass is 32.2. The second-order valence-electron chi connectivity index (χ2n) is 5.66. The summed E-state index contributed by atoms with van der Waals surface area (Å²) in [7, 11) is -1.20. The van der Waals surface area contributed by atoms with Gasteiger partial charge in [0.1, 0.15) is 5.82 Å². The van der Waals surface area contributed by atoms with E-state index in [2.05, 4.69) is 5.32 Å². The van der Waals surface area contributed by atoms with Gasteiger partial charge in [-0.15, -0.1) is 0 Å². The maximum atomic E-state index is 14.3. The molecule has 1 N–H and O–H groups in total. The number of hydrogen-bond donors (Lipinski definition) is 1. The molecule has 4 nitrogen and oxygen atoms in total. The minimum Gasteiger partial charge on any atom is -0.368 e. The summed E-state index contributed by atoms with van der Waals surface area (Å²) in [5.74, 6) is 0.00142. The molecule has 2 atom stereocenters. The molecule has 1 fully saturated rings. The SMILES string of the molecule is CCNC(C)c1ccc(N(C)C2CCS(=O)(=O)C2)c(F)c1. The third-order valence-electron chi connectivity index (χ3n) is 4.12. The molecule has 0 radical (unpaired) electrons. The van der Waals surface area contributed by atoms with Gasteiger partial charge in [0.2, 0.25) is 0 Å². The van der Waals surface area contributed by atoms with Crippen LogP contribution < -0.4 is 10.2 Å². The van der Waals surface area contributed by atoms with E-state index in [1.165, 1.54) is 6.07 Å². The van der Waals surface area contributed by atoms with E-state index in [0.717, 1.165) is 12.1 Å². The summed E-state index contributed by atoms with van der Waals surface area (Å²) in [4.78, 5) is 1.75.